The number of nitrogens with zero attached hydrogens (tertiary/aromatic N) is 1. The molecule has 1 heterocycles. The van der Waals surface area contributed by atoms with Gasteiger partial charge in [-0.25, -0.2) is 0 Å². The van der Waals surface area contributed by atoms with E-state index in [9.17, 15) is 14.4 Å². The van der Waals surface area contributed by atoms with Crippen molar-refractivity contribution in [3.8, 4) is 0 Å². The molecule has 0 aromatic carbocycles. The number of nitrogens with one attached hydrogen (secondary N) is 1. The fourth-order valence-corrected chi connectivity index (χ4v) is 2.03. The van der Waals surface area contributed by atoms with Crippen molar-refractivity contribution in [1.82, 2.24) is 10.2 Å². The maximum Gasteiger partial charge on any atom is 0.323 e. The molecule has 0 saturated heterocycles. The van der Waals surface area contributed by atoms with Gasteiger partial charge in [0.1, 0.15) is 6.54 Å². The molecule has 0 bridgehead atoms. The molecule has 1 aromatic heterocycles. The van der Waals surface area contributed by atoms with E-state index in [1.54, 1.807) is 12.1 Å². The van der Waals surface area contributed by atoms with Crippen molar-refractivity contribution in [3.63, 3.8) is 0 Å². The van der Waals surface area contributed by atoms with E-state index in [0.717, 1.165) is 12.8 Å². The Kier molecular flexibility index (Phi) is 4.97. The first kappa shape index (κ1) is 15.1. The number of aliphatic carboxylic acids is 1. The normalized spacial score (nSPS) is 13.7. The highest BCUT2D eigenvalue weighted by atomic mass is 16.4. The number of carbonyl (C=O) groups excluding carboxylic acids is 2. The maximum atomic E-state index is 12.0. The average Bonchev–Trinajstić information content (AvgIpc) is 3.13. The second-order valence-corrected chi connectivity index (χ2v) is 4.98. The first-order valence-corrected chi connectivity index (χ1v) is 6.91. The molecule has 0 radical (unpaired) electrons. The molecule has 2 N–H and O–H groups in total. The number of amides is 2. The van der Waals surface area contributed by atoms with Gasteiger partial charge in [-0.15, -0.1) is 0 Å². The molecule has 1 fully saturated rings. The summed E-state index contributed by atoms with van der Waals surface area (Å²) in [6.45, 7) is 0.0963. The van der Waals surface area contributed by atoms with E-state index in [1.165, 1.54) is 11.2 Å². The summed E-state index contributed by atoms with van der Waals surface area (Å²) in [5.74, 6) is -1.27. The van der Waals surface area contributed by atoms with Crippen molar-refractivity contribution in [1.29, 1.82) is 0 Å². The fraction of sp³-hybridized carbons (Fsp3) is 0.500. The van der Waals surface area contributed by atoms with Crippen LogP contribution in [0, 0.1) is 0 Å². The summed E-state index contributed by atoms with van der Waals surface area (Å²) in [6, 6.07) is 3.26. The summed E-state index contributed by atoms with van der Waals surface area (Å²) >= 11 is 0. The zero-order chi connectivity index (χ0) is 15.2. The van der Waals surface area contributed by atoms with Crippen LogP contribution in [-0.4, -0.2) is 46.9 Å². The Morgan fingerprint density at radius 3 is 2.71 bits per heavy atom. The number of carboxylic acids is 1. The molecule has 2 amide bonds. The van der Waals surface area contributed by atoms with E-state index in [1.807, 2.05) is 0 Å². The molecule has 7 heteroatoms. The van der Waals surface area contributed by atoms with Gasteiger partial charge in [0.25, 0.3) is 5.91 Å². The van der Waals surface area contributed by atoms with Gasteiger partial charge >= 0.3 is 5.97 Å². The van der Waals surface area contributed by atoms with Crippen molar-refractivity contribution in [2.45, 2.75) is 31.7 Å². The quantitative estimate of drug-likeness (QED) is 0.693. The maximum absolute atomic E-state index is 12.0. The molecule has 1 aromatic rings. The summed E-state index contributed by atoms with van der Waals surface area (Å²) in [6.07, 6.45) is 3.84. The van der Waals surface area contributed by atoms with E-state index in [-0.39, 0.29) is 36.6 Å². The molecule has 2 rings (SSSR count). The molecule has 0 unspecified atom stereocenters. The Hall–Kier alpha value is -2.31. The molecule has 0 atom stereocenters. The predicted octanol–water partition coefficient (Wildman–Crippen LogP) is 0.865. The third kappa shape index (κ3) is 4.62. The Labute approximate surface area is 121 Å². The predicted molar refractivity (Wildman–Crippen MR) is 72.6 cm³/mol. The lowest BCUT2D eigenvalue weighted by Gasteiger charge is -2.20. The lowest BCUT2D eigenvalue weighted by atomic mass is 10.2. The first-order valence-electron chi connectivity index (χ1n) is 6.91. The van der Waals surface area contributed by atoms with E-state index in [4.69, 9.17) is 9.52 Å². The van der Waals surface area contributed by atoms with Crippen molar-refractivity contribution in [2.75, 3.05) is 13.1 Å². The second-order valence-electron chi connectivity index (χ2n) is 4.98. The van der Waals surface area contributed by atoms with Crippen LogP contribution in [0.2, 0.25) is 0 Å². The Balaban J connectivity index is 1.68. The molecule has 1 aliphatic carbocycles. The van der Waals surface area contributed by atoms with Gasteiger partial charge in [-0.1, -0.05) is 0 Å². The Bertz CT molecular complexity index is 507. The largest absolute Gasteiger partial charge is 0.480 e. The number of rotatable bonds is 8. The molecule has 1 saturated carbocycles. The SMILES string of the molecule is O=C(O)CN(C(=O)CCCNC(=O)c1ccco1)C1CC1. The van der Waals surface area contributed by atoms with Crippen LogP contribution < -0.4 is 5.32 Å². The van der Waals surface area contributed by atoms with Crippen LogP contribution in [0.3, 0.4) is 0 Å². The number of hydrogen-bond donors (Lipinski definition) is 2. The topological polar surface area (TPSA) is 99.9 Å². The number of carboxylic acid groups (broad SMARTS) is 1. The summed E-state index contributed by atoms with van der Waals surface area (Å²) in [5, 5.41) is 11.4. The summed E-state index contributed by atoms with van der Waals surface area (Å²) in [4.78, 5) is 35.7. The van der Waals surface area contributed by atoms with Gasteiger partial charge in [-0.3, -0.25) is 14.4 Å². The molecule has 0 aliphatic heterocycles. The van der Waals surface area contributed by atoms with Crippen molar-refractivity contribution in [3.05, 3.63) is 24.2 Å². The zero-order valence-corrected chi connectivity index (χ0v) is 11.6. The minimum atomic E-state index is -0.999. The number of carbonyl (C=O) groups is 3. The van der Waals surface area contributed by atoms with E-state index in [0.29, 0.717) is 13.0 Å². The van der Waals surface area contributed by atoms with Crippen LogP contribution in [0.15, 0.2) is 22.8 Å². The lowest BCUT2D eigenvalue weighted by Crippen LogP contribution is -2.37. The van der Waals surface area contributed by atoms with Crippen LogP contribution >= 0.6 is 0 Å². The van der Waals surface area contributed by atoms with Gasteiger partial charge in [-0.05, 0) is 31.4 Å². The van der Waals surface area contributed by atoms with Gasteiger partial charge in [0.05, 0.1) is 6.26 Å². The van der Waals surface area contributed by atoms with Gasteiger partial charge < -0.3 is 19.7 Å². The van der Waals surface area contributed by atoms with Crippen LogP contribution in [0.5, 0.6) is 0 Å². The van der Waals surface area contributed by atoms with Crippen LogP contribution in [0.4, 0.5) is 0 Å². The van der Waals surface area contributed by atoms with Crippen molar-refractivity contribution >= 4 is 17.8 Å². The van der Waals surface area contributed by atoms with E-state index < -0.39 is 5.97 Å². The molecule has 21 heavy (non-hydrogen) atoms. The monoisotopic (exact) mass is 294 g/mol. The molecule has 7 nitrogen and oxygen atoms in total. The lowest BCUT2D eigenvalue weighted by molar-refractivity contribution is -0.144. The Morgan fingerprint density at radius 2 is 2.14 bits per heavy atom. The fourth-order valence-electron chi connectivity index (χ4n) is 2.03. The second kappa shape index (κ2) is 6.92. The van der Waals surface area contributed by atoms with Crippen LogP contribution in [0.25, 0.3) is 0 Å². The van der Waals surface area contributed by atoms with Crippen LogP contribution in [-0.2, 0) is 9.59 Å². The zero-order valence-electron chi connectivity index (χ0n) is 11.6. The molecular weight excluding hydrogens is 276 g/mol. The summed E-state index contributed by atoms with van der Waals surface area (Å²) < 4.78 is 4.94. The smallest absolute Gasteiger partial charge is 0.323 e. The van der Waals surface area contributed by atoms with Crippen molar-refractivity contribution < 1.29 is 23.9 Å². The minimum absolute atomic E-state index is 0.0753. The van der Waals surface area contributed by atoms with Gasteiger partial charge in [0, 0.05) is 19.0 Å². The minimum Gasteiger partial charge on any atom is -0.480 e. The summed E-state index contributed by atoms with van der Waals surface area (Å²) in [5.41, 5.74) is 0. The first-order chi connectivity index (χ1) is 10.1. The third-order valence-corrected chi connectivity index (χ3v) is 3.21. The van der Waals surface area contributed by atoms with Gasteiger partial charge in [0.2, 0.25) is 5.91 Å². The highest BCUT2D eigenvalue weighted by molar-refractivity contribution is 5.91. The Morgan fingerprint density at radius 1 is 1.38 bits per heavy atom. The standard InChI is InChI=1S/C14H18N2O5/c17-12(16(9-13(18)19)10-5-6-10)4-1-7-15-14(20)11-3-2-8-21-11/h2-3,8,10H,1,4-7,9H2,(H,15,20)(H,18,19). The molecule has 1 aliphatic rings. The van der Waals surface area contributed by atoms with E-state index >= 15 is 0 Å². The van der Waals surface area contributed by atoms with Crippen LogP contribution in [0.1, 0.15) is 36.2 Å². The summed E-state index contributed by atoms with van der Waals surface area (Å²) in [7, 11) is 0. The molecular formula is C14H18N2O5. The number of furan rings is 1. The van der Waals surface area contributed by atoms with Gasteiger partial charge in [0.15, 0.2) is 5.76 Å². The van der Waals surface area contributed by atoms with E-state index in [2.05, 4.69) is 5.32 Å². The highest BCUT2D eigenvalue weighted by Gasteiger charge is 2.33. The average molecular weight is 294 g/mol. The molecule has 0 spiro atoms. The molecule has 114 valence electrons. The highest BCUT2D eigenvalue weighted by Crippen LogP contribution is 2.27. The third-order valence-electron chi connectivity index (χ3n) is 3.21. The number of hydrogen-bond acceptors (Lipinski definition) is 4. The van der Waals surface area contributed by atoms with Gasteiger partial charge in [-0.2, -0.15) is 0 Å². The van der Waals surface area contributed by atoms with Crippen molar-refractivity contribution in [2.24, 2.45) is 0 Å².